The zero-order chi connectivity index (χ0) is 41.7. The number of Topliss-reactive ketones (excluding diaryl/α,β-unsaturated/α-hetero) is 1. The van der Waals surface area contributed by atoms with Crippen LogP contribution in [-0.4, -0.2) is 120 Å². The molecule has 13 atom stereocenters. The normalized spacial score (nSPS) is 39.7. The van der Waals surface area contributed by atoms with Gasteiger partial charge in [-0.1, -0.05) is 58.1 Å². The number of aliphatic imine (C=N–C) groups is 1. The van der Waals surface area contributed by atoms with E-state index in [1.54, 1.807) is 38.1 Å². The van der Waals surface area contributed by atoms with Gasteiger partial charge < -0.3 is 38.8 Å². The maximum atomic E-state index is 14.4. The summed E-state index contributed by atoms with van der Waals surface area (Å²) in [6.07, 6.45) is 0.510. The van der Waals surface area contributed by atoms with Crippen molar-refractivity contribution in [3.63, 3.8) is 0 Å². The molecule has 3 aliphatic rings. The standard InChI is InChI=1S/C43H63FN2O10/c1-12-34-43(9,51)39-26(4)35(45-29(7)47)24(2)21-42(8,53-23-31(22-52-39)15-13-14-30-16-18-32(44)19-17-30)38(27(5)36(48)28(6)40(50)55-34)56-41-37(49)33(46(10)11)20-25(3)54-41/h13-19,24-28,33-34,37-39,41,49,51H,12,20-23H2,1-11H3/b14-13+,31-15+,45-35?/t24-,25-,26+,27+,28-,33+,34-,37-,38-,39?,41+,42-,43-/m1/s1. The number of likely N-dealkylation sites (N-methyl/N-ethyl adjacent to an activating group) is 1. The molecule has 0 spiro atoms. The number of amides is 1. The number of ether oxygens (including phenoxy) is 5. The Morgan fingerprint density at radius 3 is 2.34 bits per heavy atom. The second-order valence-corrected chi connectivity index (χ2v) is 16.6. The van der Waals surface area contributed by atoms with Crippen molar-refractivity contribution in [1.82, 2.24) is 4.90 Å². The number of cyclic esters (lactones) is 1. The van der Waals surface area contributed by atoms with Gasteiger partial charge in [0.25, 0.3) is 0 Å². The van der Waals surface area contributed by atoms with Gasteiger partial charge in [-0.3, -0.25) is 14.4 Å². The van der Waals surface area contributed by atoms with Crippen LogP contribution >= 0.6 is 0 Å². The highest BCUT2D eigenvalue weighted by Crippen LogP contribution is 2.40. The van der Waals surface area contributed by atoms with Crippen LogP contribution < -0.4 is 0 Å². The number of halogens is 1. The van der Waals surface area contributed by atoms with Crippen LogP contribution in [0.3, 0.4) is 0 Å². The lowest BCUT2D eigenvalue weighted by Gasteiger charge is -2.47. The molecular formula is C43H63FN2O10. The van der Waals surface area contributed by atoms with E-state index in [1.807, 2.05) is 52.8 Å². The van der Waals surface area contributed by atoms with Crippen molar-refractivity contribution in [1.29, 1.82) is 0 Å². The lowest BCUT2D eigenvalue weighted by atomic mass is 9.73. The Hall–Kier alpha value is -3.17. The van der Waals surface area contributed by atoms with Gasteiger partial charge in [0, 0.05) is 30.5 Å². The molecule has 3 aliphatic heterocycles. The van der Waals surface area contributed by atoms with Crippen molar-refractivity contribution >= 4 is 29.4 Å². The zero-order valence-corrected chi connectivity index (χ0v) is 34.9. The van der Waals surface area contributed by atoms with Gasteiger partial charge in [-0.15, -0.1) is 0 Å². The number of aliphatic hydroxyl groups excluding tert-OH is 1. The molecule has 1 aromatic rings. The first-order valence-corrected chi connectivity index (χ1v) is 19.8. The molecule has 0 saturated carbocycles. The lowest BCUT2D eigenvalue weighted by Crippen LogP contribution is -2.60. The molecule has 4 rings (SSSR count). The molecule has 12 nitrogen and oxygen atoms in total. The molecule has 0 aliphatic carbocycles. The number of allylic oxidation sites excluding steroid dienone is 2. The number of hydrogen-bond donors (Lipinski definition) is 2. The number of ketones is 1. The van der Waals surface area contributed by atoms with Crippen molar-refractivity contribution in [3.8, 4) is 0 Å². The van der Waals surface area contributed by atoms with Crippen LogP contribution in [0.5, 0.6) is 0 Å². The van der Waals surface area contributed by atoms with Gasteiger partial charge in [0.1, 0.15) is 29.5 Å². The van der Waals surface area contributed by atoms with Gasteiger partial charge in [0.2, 0.25) is 5.91 Å². The van der Waals surface area contributed by atoms with Crippen LogP contribution in [0, 0.1) is 29.5 Å². The summed E-state index contributed by atoms with van der Waals surface area (Å²) in [5, 5.41) is 24.0. The summed E-state index contributed by atoms with van der Waals surface area (Å²) >= 11 is 0. The van der Waals surface area contributed by atoms with E-state index in [1.165, 1.54) is 32.9 Å². The highest BCUT2D eigenvalue weighted by atomic mass is 19.1. The Kier molecular flexibility index (Phi) is 15.5. The maximum absolute atomic E-state index is 14.4. The summed E-state index contributed by atoms with van der Waals surface area (Å²) in [6, 6.07) is 5.73. The van der Waals surface area contributed by atoms with Crippen molar-refractivity contribution in [2.75, 3.05) is 27.3 Å². The monoisotopic (exact) mass is 786 g/mol. The Morgan fingerprint density at radius 2 is 1.73 bits per heavy atom. The summed E-state index contributed by atoms with van der Waals surface area (Å²) in [5.41, 5.74) is -1.32. The third kappa shape index (κ3) is 10.7. The number of nitrogens with zero attached hydrogens (tertiary/aromatic N) is 2. The lowest BCUT2D eigenvalue weighted by molar-refractivity contribution is -0.296. The molecule has 2 N–H and O–H groups in total. The first kappa shape index (κ1) is 45.5. The number of aliphatic hydroxyl groups is 2. The van der Waals surface area contributed by atoms with Crippen molar-refractivity contribution in [2.24, 2.45) is 28.7 Å². The molecule has 13 heteroatoms. The zero-order valence-electron chi connectivity index (χ0n) is 34.9. The van der Waals surface area contributed by atoms with Gasteiger partial charge in [-0.25, -0.2) is 9.38 Å². The summed E-state index contributed by atoms with van der Waals surface area (Å²) in [4.78, 5) is 47.4. The van der Waals surface area contributed by atoms with Crippen LogP contribution in [0.1, 0.15) is 87.1 Å². The number of benzene rings is 1. The maximum Gasteiger partial charge on any atom is 0.316 e. The molecule has 312 valence electrons. The first-order chi connectivity index (χ1) is 26.2. The fourth-order valence-corrected chi connectivity index (χ4v) is 8.54. The van der Waals surface area contributed by atoms with Crippen molar-refractivity contribution < 1.29 is 52.7 Å². The first-order valence-electron chi connectivity index (χ1n) is 19.8. The van der Waals surface area contributed by atoms with Crippen molar-refractivity contribution in [2.45, 2.75) is 136 Å². The average molecular weight is 787 g/mol. The number of rotatable bonds is 6. The fourth-order valence-electron chi connectivity index (χ4n) is 8.54. The second kappa shape index (κ2) is 19.1. The van der Waals surface area contributed by atoms with Crippen LogP contribution in [-0.2, 0) is 38.1 Å². The predicted molar refractivity (Wildman–Crippen MR) is 210 cm³/mol. The molecule has 0 radical (unpaired) electrons. The SMILES string of the molecule is CC[C@H]1OC(=O)[C@H](C)C(=O)[C@H](C)[C@@H](O[C@@H]2O[C@H](C)C[C@H](N(C)C)[C@H]2O)[C@@]2(C)C[C@@H](C)C(=NC(C)=O)[C@H](C)C(OC/C(=C\C=C\c3ccc(F)cc3)CO2)[C@]1(C)O. The number of hydrogen-bond acceptors (Lipinski definition) is 11. The van der Waals surface area contributed by atoms with Crippen molar-refractivity contribution in [3.05, 3.63) is 53.4 Å². The topological polar surface area (TPSA) is 153 Å². The summed E-state index contributed by atoms with van der Waals surface area (Å²) in [5.74, 6) is -5.53. The third-order valence-corrected chi connectivity index (χ3v) is 11.6. The van der Waals surface area contributed by atoms with E-state index in [0.717, 1.165) is 5.56 Å². The Balaban J connectivity index is 1.97. The van der Waals surface area contributed by atoms with Gasteiger partial charge in [0.15, 0.2) is 12.1 Å². The van der Waals surface area contributed by atoms with E-state index in [9.17, 15) is 29.0 Å². The van der Waals surface area contributed by atoms with Crippen LogP contribution in [0.25, 0.3) is 6.08 Å². The van der Waals surface area contributed by atoms with Gasteiger partial charge in [0.05, 0.1) is 37.1 Å². The van der Waals surface area contributed by atoms with Gasteiger partial charge >= 0.3 is 5.97 Å². The second-order valence-electron chi connectivity index (χ2n) is 16.6. The molecule has 3 fully saturated rings. The minimum Gasteiger partial charge on any atom is -0.459 e. The summed E-state index contributed by atoms with van der Waals surface area (Å²) in [7, 11) is 3.73. The van der Waals surface area contributed by atoms with Gasteiger partial charge in [-0.05, 0) is 90.2 Å². The fraction of sp³-hybridized carbons (Fsp3) is 0.674. The molecule has 1 amide bonds. The van der Waals surface area contributed by atoms with E-state index in [4.69, 9.17) is 23.7 Å². The molecular weight excluding hydrogens is 723 g/mol. The highest BCUT2D eigenvalue weighted by molar-refractivity contribution is 6.00. The Morgan fingerprint density at radius 1 is 1.07 bits per heavy atom. The average Bonchev–Trinajstić information content (AvgIpc) is 3.14. The number of esters is 1. The predicted octanol–water partition coefficient (Wildman–Crippen LogP) is 5.33. The minimum absolute atomic E-state index is 0.0207. The summed E-state index contributed by atoms with van der Waals surface area (Å²) in [6.45, 7) is 15.1. The minimum atomic E-state index is -1.81. The van der Waals surface area contributed by atoms with E-state index in [2.05, 4.69) is 4.99 Å². The Labute approximate surface area is 331 Å². The quantitative estimate of drug-likeness (QED) is 0.284. The summed E-state index contributed by atoms with van der Waals surface area (Å²) < 4.78 is 46.1. The highest BCUT2D eigenvalue weighted by Gasteiger charge is 2.53. The van der Waals surface area contributed by atoms with Crippen LogP contribution in [0.15, 0.2) is 47.0 Å². The van der Waals surface area contributed by atoms with E-state index in [-0.39, 0.29) is 44.0 Å². The number of carbonyl (C=O) groups excluding carboxylic acids is 3. The Bertz CT molecular complexity index is 1630. The number of fused-ring (bicyclic) bond motifs is 5. The largest absolute Gasteiger partial charge is 0.459 e. The molecule has 56 heavy (non-hydrogen) atoms. The molecule has 2 bridgehead atoms. The number of carbonyl (C=O) groups is 3. The molecule has 1 aromatic carbocycles. The van der Waals surface area contributed by atoms with Gasteiger partial charge in [-0.2, -0.15) is 0 Å². The molecule has 3 heterocycles. The van der Waals surface area contributed by atoms with E-state index < -0.39 is 83.2 Å². The molecule has 0 aromatic heterocycles. The van der Waals surface area contributed by atoms with E-state index in [0.29, 0.717) is 17.7 Å². The van der Waals surface area contributed by atoms with E-state index >= 15 is 0 Å². The molecule has 1 unspecified atom stereocenters. The van der Waals surface area contributed by atoms with Crippen LogP contribution in [0.2, 0.25) is 0 Å². The third-order valence-electron chi connectivity index (χ3n) is 11.6. The smallest absolute Gasteiger partial charge is 0.316 e. The molecule has 3 saturated heterocycles. The van der Waals surface area contributed by atoms with Crippen LogP contribution in [0.4, 0.5) is 4.39 Å².